The first kappa shape index (κ1) is 23.3. The second-order valence-corrected chi connectivity index (χ2v) is 9.78. The third-order valence-electron chi connectivity index (χ3n) is 7.64. The number of aromatic nitrogens is 3. The number of ether oxygens (including phenoxy) is 1. The summed E-state index contributed by atoms with van der Waals surface area (Å²) >= 11 is 0. The Morgan fingerprint density at radius 1 is 0.971 bits per heavy atom. The van der Waals surface area contributed by atoms with Crippen molar-refractivity contribution in [2.24, 2.45) is 0 Å². The van der Waals surface area contributed by atoms with E-state index in [-0.39, 0.29) is 6.04 Å². The smallest absolute Gasteiger partial charge is 0.138 e. The van der Waals surface area contributed by atoms with Gasteiger partial charge in [-0.25, -0.2) is 4.98 Å². The van der Waals surface area contributed by atoms with Crippen molar-refractivity contribution in [3.63, 3.8) is 0 Å². The van der Waals surface area contributed by atoms with E-state index in [0.717, 1.165) is 50.4 Å². The summed E-state index contributed by atoms with van der Waals surface area (Å²) < 4.78 is 8.39. The fourth-order valence-electron chi connectivity index (χ4n) is 5.67. The number of hydrogen-bond acceptors (Lipinski definition) is 6. The molecule has 2 aliphatic heterocycles. The third kappa shape index (κ3) is 4.32. The fraction of sp³-hybridized carbons (Fsp3) is 0.556. The van der Waals surface area contributed by atoms with E-state index in [1.807, 2.05) is 12.3 Å². The van der Waals surface area contributed by atoms with Crippen LogP contribution in [0.25, 0.3) is 5.65 Å². The fourth-order valence-corrected chi connectivity index (χ4v) is 5.67. The Hall–Kier alpha value is -2.48. The van der Waals surface area contributed by atoms with Crippen molar-refractivity contribution in [1.29, 1.82) is 0 Å². The molecule has 0 spiro atoms. The van der Waals surface area contributed by atoms with Crippen molar-refractivity contribution >= 4 is 11.5 Å². The molecule has 0 aliphatic carbocycles. The van der Waals surface area contributed by atoms with Crippen LogP contribution < -0.4 is 4.90 Å². The summed E-state index contributed by atoms with van der Waals surface area (Å²) in [6, 6.07) is 11.3. The minimum absolute atomic E-state index is 0.246. The van der Waals surface area contributed by atoms with Gasteiger partial charge >= 0.3 is 0 Å². The Bertz CT molecular complexity index is 1120. The predicted molar refractivity (Wildman–Crippen MR) is 136 cm³/mol. The quantitative estimate of drug-likeness (QED) is 0.547. The van der Waals surface area contributed by atoms with E-state index in [1.165, 1.54) is 29.2 Å². The van der Waals surface area contributed by atoms with Crippen molar-refractivity contribution in [1.82, 2.24) is 24.2 Å². The number of fused-ring (bicyclic) bond motifs is 1. The van der Waals surface area contributed by atoms with Crippen LogP contribution in [-0.4, -0.2) is 71.0 Å². The minimum atomic E-state index is 0.246. The SMILES string of the molecule is CCOCc1c([C@H]2CCC[C@@H](c3ncccc3C)N2C)nc2cccc(N3CCN(C)CC3)n12. The van der Waals surface area contributed by atoms with Gasteiger partial charge < -0.3 is 14.5 Å². The Labute approximate surface area is 203 Å². The van der Waals surface area contributed by atoms with Gasteiger partial charge in [-0.2, -0.15) is 0 Å². The lowest BCUT2D eigenvalue weighted by Gasteiger charge is -2.39. The first-order valence-electron chi connectivity index (χ1n) is 12.7. The molecule has 0 aromatic carbocycles. The molecule has 5 rings (SSSR count). The zero-order valence-electron chi connectivity index (χ0n) is 21.1. The van der Waals surface area contributed by atoms with Gasteiger partial charge in [-0.1, -0.05) is 12.1 Å². The lowest BCUT2D eigenvalue weighted by Crippen LogP contribution is -2.45. The van der Waals surface area contributed by atoms with Gasteiger partial charge in [0.1, 0.15) is 11.5 Å². The van der Waals surface area contributed by atoms with Crippen LogP contribution in [0.1, 0.15) is 60.9 Å². The number of nitrogens with zero attached hydrogens (tertiary/aromatic N) is 6. The highest BCUT2D eigenvalue weighted by atomic mass is 16.5. The van der Waals surface area contributed by atoms with Crippen molar-refractivity contribution in [3.8, 4) is 0 Å². The van der Waals surface area contributed by atoms with Gasteiger partial charge in [-0.3, -0.25) is 14.3 Å². The van der Waals surface area contributed by atoms with Gasteiger partial charge in [-0.15, -0.1) is 0 Å². The molecule has 0 N–H and O–H groups in total. The highest BCUT2D eigenvalue weighted by Gasteiger charge is 2.35. The maximum Gasteiger partial charge on any atom is 0.138 e. The van der Waals surface area contributed by atoms with E-state index in [1.54, 1.807) is 0 Å². The number of piperazine rings is 1. The van der Waals surface area contributed by atoms with Crippen molar-refractivity contribution in [2.45, 2.75) is 51.8 Å². The van der Waals surface area contributed by atoms with Gasteiger partial charge in [0, 0.05) is 39.0 Å². The van der Waals surface area contributed by atoms with Crippen LogP contribution in [0.15, 0.2) is 36.5 Å². The molecule has 34 heavy (non-hydrogen) atoms. The predicted octanol–water partition coefficient (Wildman–Crippen LogP) is 4.22. The number of rotatable bonds is 6. The van der Waals surface area contributed by atoms with Crippen LogP contribution in [0, 0.1) is 6.92 Å². The Balaban J connectivity index is 1.56. The van der Waals surface area contributed by atoms with Crippen molar-refractivity contribution in [3.05, 3.63) is 59.2 Å². The highest BCUT2D eigenvalue weighted by Crippen LogP contribution is 2.42. The molecule has 0 unspecified atom stereocenters. The zero-order chi connectivity index (χ0) is 23.7. The van der Waals surface area contributed by atoms with Crippen molar-refractivity contribution in [2.75, 3.05) is 51.8 Å². The van der Waals surface area contributed by atoms with E-state index < -0.39 is 0 Å². The van der Waals surface area contributed by atoms with Gasteiger partial charge in [-0.05, 0) is 71.0 Å². The normalized spacial score (nSPS) is 22.5. The van der Waals surface area contributed by atoms with Crippen molar-refractivity contribution < 1.29 is 4.74 Å². The summed E-state index contributed by atoms with van der Waals surface area (Å²) in [5.41, 5.74) is 5.84. The average Bonchev–Trinajstić information content (AvgIpc) is 3.22. The Morgan fingerprint density at radius 3 is 2.47 bits per heavy atom. The van der Waals surface area contributed by atoms with Crippen LogP contribution >= 0.6 is 0 Å². The van der Waals surface area contributed by atoms with E-state index >= 15 is 0 Å². The standard InChI is InChI=1S/C27H38N6O/c1-5-34-19-23-27(22-11-6-10-21(31(22)4)26-20(2)9-8-14-28-26)29-24-12-7-13-25(33(23)24)32-17-15-30(3)16-18-32/h7-9,12-14,21-22H,5-6,10-11,15-19H2,1-4H3/t21-,22+/m0/s1. The highest BCUT2D eigenvalue weighted by molar-refractivity contribution is 5.55. The molecule has 0 bridgehead atoms. The number of imidazole rings is 1. The van der Waals surface area contributed by atoms with Crippen LogP contribution in [0.5, 0.6) is 0 Å². The molecule has 0 saturated carbocycles. The molecule has 7 nitrogen and oxygen atoms in total. The van der Waals surface area contributed by atoms with Crippen LogP contribution in [-0.2, 0) is 11.3 Å². The van der Waals surface area contributed by atoms with E-state index in [9.17, 15) is 0 Å². The van der Waals surface area contributed by atoms with E-state index in [2.05, 4.69) is 71.3 Å². The lowest BCUT2D eigenvalue weighted by molar-refractivity contribution is 0.101. The maximum absolute atomic E-state index is 6.02. The Morgan fingerprint density at radius 2 is 1.74 bits per heavy atom. The largest absolute Gasteiger partial charge is 0.375 e. The number of anilines is 1. The number of likely N-dealkylation sites (tertiary alicyclic amines) is 1. The second kappa shape index (κ2) is 10.0. The maximum atomic E-state index is 6.02. The lowest BCUT2D eigenvalue weighted by atomic mass is 9.90. The topological polar surface area (TPSA) is 49.1 Å². The summed E-state index contributed by atoms with van der Waals surface area (Å²) in [5, 5.41) is 0. The summed E-state index contributed by atoms with van der Waals surface area (Å²) in [5.74, 6) is 1.23. The molecule has 2 atom stereocenters. The second-order valence-electron chi connectivity index (χ2n) is 9.78. The minimum Gasteiger partial charge on any atom is -0.375 e. The molecule has 2 aliphatic rings. The molecule has 7 heteroatoms. The van der Waals surface area contributed by atoms with E-state index in [0.29, 0.717) is 19.3 Å². The van der Waals surface area contributed by atoms with Gasteiger partial charge in [0.25, 0.3) is 0 Å². The number of piperidine rings is 1. The molecule has 182 valence electrons. The molecule has 3 aromatic heterocycles. The summed E-state index contributed by atoms with van der Waals surface area (Å²) in [7, 11) is 4.45. The number of pyridine rings is 2. The molecular weight excluding hydrogens is 424 g/mol. The first-order valence-corrected chi connectivity index (χ1v) is 12.7. The summed E-state index contributed by atoms with van der Waals surface area (Å²) in [6.07, 6.45) is 5.33. The monoisotopic (exact) mass is 462 g/mol. The number of likely N-dealkylation sites (N-methyl/N-ethyl adjacent to an activating group) is 1. The average molecular weight is 463 g/mol. The third-order valence-corrected chi connectivity index (χ3v) is 7.64. The van der Waals surface area contributed by atoms with E-state index in [4.69, 9.17) is 14.7 Å². The van der Waals surface area contributed by atoms with Gasteiger partial charge in [0.05, 0.1) is 35.8 Å². The molecule has 3 aromatic rings. The Kier molecular flexibility index (Phi) is 6.86. The summed E-state index contributed by atoms with van der Waals surface area (Å²) in [4.78, 5) is 17.4. The number of hydrogen-bond donors (Lipinski definition) is 0. The molecule has 2 saturated heterocycles. The van der Waals surface area contributed by atoms with Crippen LogP contribution in [0.3, 0.4) is 0 Å². The number of aryl methyl sites for hydroxylation is 1. The van der Waals surface area contributed by atoms with Crippen LogP contribution in [0.2, 0.25) is 0 Å². The molecular formula is C27H38N6O. The molecule has 0 radical (unpaired) electrons. The molecule has 0 amide bonds. The molecule has 2 fully saturated rings. The first-order chi connectivity index (χ1) is 16.6. The van der Waals surface area contributed by atoms with Gasteiger partial charge in [0.15, 0.2) is 0 Å². The van der Waals surface area contributed by atoms with Gasteiger partial charge in [0.2, 0.25) is 0 Å². The van der Waals surface area contributed by atoms with Crippen LogP contribution in [0.4, 0.5) is 5.82 Å². The molecule has 5 heterocycles. The zero-order valence-corrected chi connectivity index (χ0v) is 21.1. The summed E-state index contributed by atoms with van der Waals surface area (Å²) in [6.45, 7) is 9.73.